The molecule has 1 rings (SSSR count). The third kappa shape index (κ3) is 7.48. The number of carbonyl (C=O) groups excluding carboxylic acids is 1. The molecule has 0 bridgehead atoms. The van der Waals surface area contributed by atoms with E-state index in [-0.39, 0.29) is 17.5 Å². The summed E-state index contributed by atoms with van der Waals surface area (Å²) in [4.78, 5) is 12.1. The minimum absolute atomic E-state index is 0.113. The number of halogens is 1. The molecule has 0 atom stereocenters. The van der Waals surface area contributed by atoms with Crippen molar-refractivity contribution in [1.29, 1.82) is 0 Å². The number of hydrogen-bond acceptors (Lipinski definition) is 4. The zero-order valence-electron chi connectivity index (χ0n) is 13.2. The molecule has 21 heavy (non-hydrogen) atoms. The Balaban J connectivity index is 2.51. The predicted molar refractivity (Wildman–Crippen MR) is 85.0 cm³/mol. The molecule has 5 heteroatoms. The number of ether oxygens (including phenoxy) is 1. The molecule has 0 fully saturated rings. The first-order chi connectivity index (χ1) is 9.81. The molecule has 0 saturated heterocycles. The van der Waals surface area contributed by atoms with Gasteiger partial charge in [0, 0.05) is 11.4 Å². The van der Waals surface area contributed by atoms with E-state index >= 15 is 0 Å². The summed E-state index contributed by atoms with van der Waals surface area (Å²) < 4.78 is 19.1. The van der Waals surface area contributed by atoms with Crippen LogP contribution in [-0.4, -0.2) is 23.9 Å². The zero-order chi connectivity index (χ0) is 15.9. The fourth-order valence-corrected chi connectivity index (χ4v) is 2.38. The maximum atomic E-state index is 13.9. The first-order valence-electron chi connectivity index (χ1n) is 7.15. The second kappa shape index (κ2) is 8.39. The van der Waals surface area contributed by atoms with Gasteiger partial charge in [-0.15, -0.1) is 11.8 Å². The van der Waals surface area contributed by atoms with Crippen molar-refractivity contribution in [3.8, 4) is 0 Å². The molecule has 0 aliphatic carbocycles. The number of hydrogen-bond donors (Lipinski definition) is 1. The molecule has 0 unspecified atom stereocenters. The Bertz CT molecular complexity index is 472. The normalized spacial score (nSPS) is 11.5. The van der Waals surface area contributed by atoms with Crippen molar-refractivity contribution in [3.05, 3.63) is 29.6 Å². The van der Waals surface area contributed by atoms with Crippen LogP contribution < -0.4 is 5.32 Å². The van der Waals surface area contributed by atoms with E-state index in [1.54, 1.807) is 6.07 Å². The van der Waals surface area contributed by atoms with Crippen LogP contribution in [0.5, 0.6) is 0 Å². The number of nitrogens with one attached hydrogen (secondary N) is 1. The van der Waals surface area contributed by atoms with E-state index in [1.807, 2.05) is 26.8 Å². The lowest BCUT2D eigenvalue weighted by Crippen LogP contribution is -2.24. The van der Waals surface area contributed by atoms with Crippen molar-refractivity contribution in [3.63, 3.8) is 0 Å². The molecule has 0 radical (unpaired) electrons. The minimum Gasteiger partial charge on any atom is -0.459 e. The summed E-state index contributed by atoms with van der Waals surface area (Å²) in [5.74, 6) is -0.512. The van der Waals surface area contributed by atoms with Crippen LogP contribution in [0.2, 0.25) is 0 Å². The lowest BCUT2D eigenvalue weighted by molar-refractivity contribution is -0.151. The van der Waals surface area contributed by atoms with Gasteiger partial charge in [0.2, 0.25) is 0 Å². The van der Waals surface area contributed by atoms with Gasteiger partial charge in [0.25, 0.3) is 0 Å². The van der Waals surface area contributed by atoms with Crippen LogP contribution in [0.25, 0.3) is 0 Å². The van der Waals surface area contributed by atoms with Gasteiger partial charge in [-0.25, -0.2) is 4.39 Å². The molecular weight excluding hydrogens is 289 g/mol. The molecule has 0 amide bonds. The average molecular weight is 313 g/mol. The van der Waals surface area contributed by atoms with Crippen molar-refractivity contribution in [2.45, 2.75) is 51.2 Å². The molecule has 1 aromatic carbocycles. The monoisotopic (exact) mass is 313 g/mol. The molecule has 0 aliphatic heterocycles. The SMILES string of the molecule is CCCNCc1ccc(SCC(=O)OC(C)(C)C)c(F)c1. The highest BCUT2D eigenvalue weighted by Gasteiger charge is 2.17. The molecule has 0 aromatic heterocycles. The van der Waals surface area contributed by atoms with Crippen LogP contribution in [0, 0.1) is 5.82 Å². The molecule has 0 spiro atoms. The van der Waals surface area contributed by atoms with Crippen molar-refractivity contribution in [2.24, 2.45) is 0 Å². The van der Waals surface area contributed by atoms with Gasteiger partial charge in [0.15, 0.2) is 0 Å². The minimum atomic E-state index is -0.509. The van der Waals surface area contributed by atoms with Crippen molar-refractivity contribution in [1.82, 2.24) is 5.32 Å². The van der Waals surface area contributed by atoms with Gasteiger partial charge in [-0.05, 0) is 51.4 Å². The second-order valence-electron chi connectivity index (χ2n) is 5.82. The van der Waals surface area contributed by atoms with E-state index in [1.165, 1.54) is 6.07 Å². The molecular formula is C16H24FNO2S. The van der Waals surface area contributed by atoms with Gasteiger partial charge in [-0.3, -0.25) is 4.79 Å². The Labute approximate surface area is 130 Å². The van der Waals surface area contributed by atoms with Crippen LogP contribution in [-0.2, 0) is 16.1 Å². The second-order valence-corrected chi connectivity index (χ2v) is 6.83. The maximum Gasteiger partial charge on any atom is 0.316 e. The Morgan fingerprint density at radius 1 is 1.38 bits per heavy atom. The third-order valence-corrected chi connectivity index (χ3v) is 3.54. The van der Waals surface area contributed by atoms with Crippen molar-refractivity contribution < 1.29 is 13.9 Å². The number of rotatable bonds is 7. The zero-order valence-corrected chi connectivity index (χ0v) is 14.0. The van der Waals surface area contributed by atoms with E-state index in [0.717, 1.165) is 30.3 Å². The smallest absolute Gasteiger partial charge is 0.316 e. The highest BCUT2D eigenvalue weighted by atomic mass is 32.2. The van der Waals surface area contributed by atoms with Crippen molar-refractivity contribution in [2.75, 3.05) is 12.3 Å². The van der Waals surface area contributed by atoms with Gasteiger partial charge in [0.05, 0.1) is 5.75 Å². The van der Waals surface area contributed by atoms with Gasteiger partial charge >= 0.3 is 5.97 Å². The Morgan fingerprint density at radius 3 is 2.67 bits per heavy atom. The van der Waals surface area contributed by atoms with Crippen LogP contribution in [0.3, 0.4) is 0 Å². The topological polar surface area (TPSA) is 38.3 Å². The van der Waals surface area contributed by atoms with E-state index in [2.05, 4.69) is 12.2 Å². The highest BCUT2D eigenvalue weighted by Crippen LogP contribution is 2.23. The summed E-state index contributed by atoms with van der Waals surface area (Å²) in [5, 5.41) is 3.23. The molecule has 3 nitrogen and oxygen atoms in total. The van der Waals surface area contributed by atoms with E-state index in [0.29, 0.717) is 11.4 Å². The van der Waals surface area contributed by atoms with E-state index < -0.39 is 5.60 Å². The van der Waals surface area contributed by atoms with E-state index in [9.17, 15) is 9.18 Å². The molecule has 0 aliphatic rings. The fraction of sp³-hybridized carbons (Fsp3) is 0.562. The quantitative estimate of drug-likeness (QED) is 0.472. The summed E-state index contributed by atoms with van der Waals surface area (Å²) in [6.07, 6.45) is 1.05. The first kappa shape index (κ1) is 18.0. The largest absolute Gasteiger partial charge is 0.459 e. The van der Waals surface area contributed by atoms with Crippen LogP contribution in [0.1, 0.15) is 39.7 Å². The summed E-state index contributed by atoms with van der Waals surface area (Å²) in [6.45, 7) is 9.10. The van der Waals surface area contributed by atoms with Gasteiger partial charge < -0.3 is 10.1 Å². The summed E-state index contributed by atoms with van der Waals surface area (Å²) >= 11 is 1.16. The first-order valence-corrected chi connectivity index (χ1v) is 8.14. The maximum absolute atomic E-state index is 13.9. The third-order valence-electron chi connectivity index (χ3n) is 2.52. The van der Waals surface area contributed by atoms with Crippen LogP contribution >= 0.6 is 11.8 Å². The number of benzene rings is 1. The number of carbonyl (C=O) groups is 1. The summed E-state index contributed by atoms with van der Waals surface area (Å²) in [6, 6.07) is 5.11. The molecule has 0 saturated carbocycles. The highest BCUT2D eigenvalue weighted by molar-refractivity contribution is 8.00. The molecule has 1 N–H and O–H groups in total. The number of thioether (sulfide) groups is 1. The van der Waals surface area contributed by atoms with Crippen molar-refractivity contribution >= 4 is 17.7 Å². The molecule has 0 heterocycles. The lowest BCUT2D eigenvalue weighted by Gasteiger charge is -2.19. The Morgan fingerprint density at radius 2 is 2.10 bits per heavy atom. The van der Waals surface area contributed by atoms with Gasteiger partial charge in [-0.1, -0.05) is 13.0 Å². The average Bonchev–Trinajstić information content (AvgIpc) is 2.36. The summed E-state index contributed by atoms with van der Waals surface area (Å²) in [5.41, 5.74) is 0.396. The predicted octanol–water partition coefficient (Wildman–Crippen LogP) is 3.76. The molecule has 118 valence electrons. The Kier molecular flexibility index (Phi) is 7.18. The van der Waals surface area contributed by atoms with E-state index in [4.69, 9.17) is 4.74 Å². The number of esters is 1. The molecule has 1 aromatic rings. The van der Waals surface area contributed by atoms with Gasteiger partial charge in [-0.2, -0.15) is 0 Å². The summed E-state index contributed by atoms with van der Waals surface area (Å²) in [7, 11) is 0. The van der Waals surface area contributed by atoms with Gasteiger partial charge in [0.1, 0.15) is 11.4 Å². The standard InChI is InChI=1S/C16H24FNO2S/c1-5-8-18-10-12-6-7-14(13(17)9-12)21-11-15(19)20-16(2,3)4/h6-7,9,18H,5,8,10-11H2,1-4H3. The Hall–Kier alpha value is -1.07. The fourth-order valence-electron chi connectivity index (χ4n) is 1.69. The lowest BCUT2D eigenvalue weighted by atomic mass is 10.2. The van der Waals surface area contributed by atoms with Crippen LogP contribution in [0.4, 0.5) is 4.39 Å². The van der Waals surface area contributed by atoms with Crippen LogP contribution in [0.15, 0.2) is 23.1 Å².